The molecule has 0 unspecified atom stereocenters. The van der Waals surface area contributed by atoms with E-state index >= 15 is 0 Å². The van der Waals surface area contributed by atoms with Crippen LogP contribution in [0.3, 0.4) is 0 Å². The number of carbonyl (C=O) groups excluding carboxylic acids is 1. The van der Waals surface area contributed by atoms with Crippen LogP contribution in [-0.4, -0.2) is 32.2 Å². The number of nitrogens with one attached hydrogen (secondary N) is 1. The third kappa shape index (κ3) is 3.84. The summed E-state index contributed by atoms with van der Waals surface area (Å²) in [7, 11) is 0. The highest BCUT2D eigenvalue weighted by Crippen LogP contribution is 2.30. The lowest BCUT2D eigenvalue weighted by Crippen LogP contribution is -2.36. The van der Waals surface area contributed by atoms with E-state index in [1.165, 1.54) is 0 Å². The van der Waals surface area contributed by atoms with Crippen molar-refractivity contribution in [2.75, 3.05) is 36.5 Å². The summed E-state index contributed by atoms with van der Waals surface area (Å²) in [4.78, 5) is 14.7. The van der Waals surface area contributed by atoms with Crippen LogP contribution in [0, 0.1) is 6.92 Å². The molecule has 5 heteroatoms. The van der Waals surface area contributed by atoms with Crippen LogP contribution in [0.25, 0.3) is 0 Å². The Morgan fingerprint density at radius 1 is 1.17 bits per heavy atom. The molecule has 0 bridgehead atoms. The van der Waals surface area contributed by atoms with E-state index in [0.717, 1.165) is 30.0 Å². The van der Waals surface area contributed by atoms with Crippen LogP contribution in [0.15, 0.2) is 42.5 Å². The van der Waals surface area contributed by atoms with Crippen LogP contribution in [0.1, 0.15) is 15.9 Å². The van der Waals surface area contributed by atoms with Crippen molar-refractivity contribution in [3.8, 4) is 0 Å². The van der Waals surface area contributed by atoms with E-state index in [9.17, 15) is 4.79 Å². The first-order valence-electron chi connectivity index (χ1n) is 7.64. The van der Waals surface area contributed by atoms with Gasteiger partial charge < -0.3 is 15.0 Å². The van der Waals surface area contributed by atoms with E-state index < -0.39 is 0 Å². The summed E-state index contributed by atoms with van der Waals surface area (Å²) in [5.41, 5.74) is 3.40. The highest BCUT2D eigenvalue weighted by atomic mass is 35.5. The zero-order chi connectivity index (χ0) is 16.2. The lowest BCUT2D eigenvalue weighted by molar-refractivity contribution is 0.102. The molecule has 3 rings (SSSR count). The van der Waals surface area contributed by atoms with Crippen LogP contribution in [0.5, 0.6) is 0 Å². The predicted octanol–water partition coefficient (Wildman–Crippen LogP) is 3.74. The summed E-state index contributed by atoms with van der Waals surface area (Å²) >= 11 is 6.14. The minimum Gasteiger partial charge on any atom is -0.378 e. The molecule has 1 saturated heterocycles. The molecule has 0 radical (unpaired) electrons. The quantitative estimate of drug-likeness (QED) is 0.932. The number of rotatable bonds is 3. The zero-order valence-electron chi connectivity index (χ0n) is 13.0. The van der Waals surface area contributed by atoms with Crippen molar-refractivity contribution in [3.63, 3.8) is 0 Å². The minimum absolute atomic E-state index is 0.120. The van der Waals surface area contributed by atoms with Gasteiger partial charge in [-0.3, -0.25) is 4.79 Å². The molecule has 0 spiro atoms. The maximum Gasteiger partial charge on any atom is 0.255 e. The Bertz CT molecular complexity index is 712. The standard InChI is InChI=1S/C18H19ClN2O2/c1-13-3-2-4-14(11-13)18(22)20-16-6-5-15(19)12-17(16)21-7-9-23-10-8-21/h2-6,11-12H,7-10H2,1H3,(H,20,22). The predicted molar refractivity (Wildman–Crippen MR) is 93.6 cm³/mol. The zero-order valence-corrected chi connectivity index (χ0v) is 13.8. The average Bonchev–Trinajstić information content (AvgIpc) is 2.57. The normalized spacial score (nSPS) is 14.6. The van der Waals surface area contributed by atoms with Gasteiger partial charge in [0.15, 0.2) is 0 Å². The Kier molecular flexibility index (Phi) is 4.84. The molecule has 0 atom stereocenters. The second kappa shape index (κ2) is 7.02. The molecule has 1 aliphatic heterocycles. The molecule has 0 aromatic heterocycles. The Morgan fingerprint density at radius 3 is 2.70 bits per heavy atom. The van der Waals surface area contributed by atoms with E-state index in [4.69, 9.17) is 16.3 Å². The summed E-state index contributed by atoms with van der Waals surface area (Å²) in [5.74, 6) is -0.120. The maximum absolute atomic E-state index is 12.5. The van der Waals surface area contributed by atoms with Crippen molar-refractivity contribution in [1.29, 1.82) is 0 Å². The van der Waals surface area contributed by atoms with Gasteiger partial charge in [-0.1, -0.05) is 29.3 Å². The highest BCUT2D eigenvalue weighted by Gasteiger charge is 2.17. The van der Waals surface area contributed by atoms with Crippen LogP contribution >= 0.6 is 11.6 Å². The first kappa shape index (κ1) is 15.8. The second-order valence-corrected chi connectivity index (χ2v) is 6.02. The van der Waals surface area contributed by atoms with Gasteiger partial charge in [0.25, 0.3) is 5.91 Å². The molecule has 1 N–H and O–H groups in total. The smallest absolute Gasteiger partial charge is 0.255 e. The first-order valence-corrected chi connectivity index (χ1v) is 8.01. The summed E-state index contributed by atoms with van der Waals surface area (Å²) in [6.07, 6.45) is 0. The summed E-state index contributed by atoms with van der Waals surface area (Å²) in [5, 5.41) is 3.65. The molecule has 0 saturated carbocycles. The van der Waals surface area contributed by atoms with E-state index in [-0.39, 0.29) is 5.91 Å². The van der Waals surface area contributed by atoms with Crippen LogP contribution in [0.4, 0.5) is 11.4 Å². The number of halogens is 1. The van der Waals surface area contributed by atoms with Crippen molar-refractivity contribution in [3.05, 3.63) is 58.6 Å². The van der Waals surface area contributed by atoms with Crippen LogP contribution < -0.4 is 10.2 Å². The van der Waals surface area contributed by atoms with Gasteiger partial charge in [0, 0.05) is 23.7 Å². The summed E-state index contributed by atoms with van der Waals surface area (Å²) in [6, 6.07) is 13.1. The fraction of sp³-hybridized carbons (Fsp3) is 0.278. The second-order valence-electron chi connectivity index (χ2n) is 5.58. The van der Waals surface area contributed by atoms with E-state index in [2.05, 4.69) is 10.2 Å². The SMILES string of the molecule is Cc1cccc(C(=O)Nc2ccc(Cl)cc2N2CCOCC2)c1. The fourth-order valence-corrected chi connectivity index (χ4v) is 2.82. The van der Waals surface area contributed by atoms with Gasteiger partial charge >= 0.3 is 0 Å². The molecule has 2 aromatic rings. The van der Waals surface area contributed by atoms with Gasteiger partial charge in [-0.15, -0.1) is 0 Å². The molecular weight excluding hydrogens is 312 g/mol. The molecule has 1 fully saturated rings. The van der Waals surface area contributed by atoms with E-state index in [0.29, 0.717) is 23.8 Å². The van der Waals surface area contributed by atoms with Gasteiger partial charge in [-0.05, 0) is 37.3 Å². The Morgan fingerprint density at radius 2 is 1.96 bits per heavy atom. The third-order valence-electron chi connectivity index (χ3n) is 3.84. The van der Waals surface area contributed by atoms with Gasteiger partial charge in [0.1, 0.15) is 0 Å². The van der Waals surface area contributed by atoms with Gasteiger partial charge in [0.05, 0.1) is 24.6 Å². The van der Waals surface area contributed by atoms with Crippen molar-refractivity contribution < 1.29 is 9.53 Å². The van der Waals surface area contributed by atoms with Crippen molar-refractivity contribution in [2.45, 2.75) is 6.92 Å². The van der Waals surface area contributed by atoms with Crippen molar-refractivity contribution in [2.24, 2.45) is 0 Å². The minimum atomic E-state index is -0.120. The summed E-state index contributed by atoms with van der Waals surface area (Å²) < 4.78 is 5.39. The van der Waals surface area contributed by atoms with Gasteiger partial charge in [-0.25, -0.2) is 0 Å². The maximum atomic E-state index is 12.5. The van der Waals surface area contributed by atoms with Crippen molar-refractivity contribution in [1.82, 2.24) is 0 Å². The number of amides is 1. The third-order valence-corrected chi connectivity index (χ3v) is 4.08. The number of hydrogen-bond donors (Lipinski definition) is 1. The Hall–Kier alpha value is -2.04. The Balaban J connectivity index is 1.85. The van der Waals surface area contributed by atoms with Crippen LogP contribution in [0.2, 0.25) is 5.02 Å². The number of anilines is 2. The monoisotopic (exact) mass is 330 g/mol. The lowest BCUT2D eigenvalue weighted by Gasteiger charge is -2.30. The molecule has 0 aliphatic carbocycles. The molecule has 1 amide bonds. The topological polar surface area (TPSA) is 41.6 Å². The lowest BCUT2D eigenvalue weighted by atomic mass is 10.1. The van der Waals surface area contributed by atoms with Crippen LogP contribution in [-0.2, 0) is 4.74 Å². The van der Waals surface area contributed by atoms with E-state index in [1.807, 2.05) is 43.3 Å². The molecule has 2 aromatic carbocycles. The molecule has 23 heavy (non-hydrogen) atoms. The Labute approximate surface area is 141 Å². The largest absolute Gasteiger partial charge is 0.378 e. The molecule has 1 aliphatic rings. The molecule has 1 heterocycles. The van der Waals surface area contributed by atoms with E-state index in [1.54, 1.807) is 6.07 Å². The summed E-state index contributed by atoms with van der Waals surface area (Å²) in [6.45, 7) is 4.90. The number of aryl methyl sites for hydroxylation is 1. The average molecular weight is 331 g/mol. The fourth-order valence-electron chi connectivity index (χ4n) is 2.66. The van der Waals surface area contributed by atoms with Gasteiger partial charge in [-0.2, -0.15) is 0 Å². The number of carbonyl (C=O) groups is 1. The molecule has 4 nitrogen and oxygen atoms in total. The molecular formula is C18H19ClN2O2. The number of benzene rings is 2. The number of nitrogens with zero attached hydrogens (tertiary/aromatic N) is 1. The highest BCUT2D eigenvalue weighted by molar-refractivity contribution is 6.31. The first-order chi connectivity index (χ1) is 11.1. The van der Waals surface area contributed by atoms with Gasteiger partial charge in [0.2, 0.25) is 0 Å². The number of ether oxygens (including phenoxy) is 1. The number of hydrogen-bond acceptors (Lipinski definition) is 3. The molecule has 120 valence electrons. The number of morpholine rings is 1. The van der Waals surface area contributed by atoms with Crippen molar-refractivity contribution >= 4 is 28.9 Å².